The Kier molecular flexibility index (Phi) is 14.9. The molecule has 63 heavy (non-hydrogen) atoms. The van der Waals surface area contributed by atoms with E-state index in [1.54, 1.807) is 48.5 Å². The minimum atomic E-state index is -0.151. The van der Waals surface area contributed by atoms with Crippen molar-refractivity contribution in [2.45, 2.75) is 124 Å². The van der Waals surface area contributed by atoms with Gasteiger partial charge in [0.05, 0.1) is 0 Å². The van der Waals surface area contributed by atoms with Crippen molar-refractivity contribution in [3.05, 3.63) is 185 Å². The smallest absolute Gasteiger partial charge is 0.115 e. The molecule has 6 aromatic carbocycles. The van der Waals surface area contributed by atoms with Crippen LogP contribution in [0.2, 0.25) is 0 Å². The number of rotatable bonds is 6. The van der Waals surface area contributed by atoms with Crippen molar-refractivity contribution in [1.82, 2.24) is 0 Å². The lowest BCUT2D eigenvalue weighted by atomic mass is 9.55. The zero-order valence-corrected chi connectivity index (χ0v) is 38.1. The summed E-state index contributed by atoms with van der Waals surface area (Å²) in [5, 5.41) is 47.6. The summed E-state index contributed by atoms with van der Waals surface area (Å²) in [6.45, 7) is 18.2. The first-order valence-electron chi connectivity index (χ1n) is 22.3. The summed E-state index contributed by atoms with van der Waals surface area (Å²) in [7, 11) is 0. The lowest BCUT2D eigenvalue weighted by Gasteiger charge is -2.48. The fraction of sp³-hybridized carbons (Fsp3) is 0.379. The van der Waals surface area contributed by atoms with Crippen LogP contribution in [0, 0.1) is 23.7 Å². The van der Waals surface area contributed by atoms with Crippen LogP contribution >= 0.6 is 0 Å². The van der Waals surface area contributed by atoms with E-state index in [0.29, 0.717) is 28.6 Å². The molecule has 334 valence electrons. The van der Waals surface area contributed by atoms with Crippen LogP contribution in [0.4, 0.5) is 0 Å². The highest BCUT2D eigenvalue weighted by molar-refractivity contribution is 5.46. The number of phenols is 5. The van der Waals surface area contributed by atoms with Gasteiger partial charge in [0.15, 0.2) is 0 Å². The molecule has 5 N–H and O–H groups in total. The Bertz CT molecular complexity index is 2200. The van der Waals surface area contributed by atoms with Crippen molar-refractivity contribution in [3.63, 3.8) is 0 Å². The summed E-state index contributed by atoms with van der Waals surface area (Å²) >= 11 is 0. The molecule has 2 aliphatic carbocycles. The van der Waals surface area contributed by atoms with Gasteiger partial charge in [-0.1, -0.05) is 153 Å². The third-order valence-electron chi connectivity index (χ3n) is 13.7. The second-order valence-electron chi connectivity index (χ2n) is 20.4. The summed E-state index contributed by atoms with van der Waals surface area (Å²) in [6.07, 6.45) is 8.27. The van der Waals surface area contributed by atoms with Gasteiger partial charge in [-0.15, -0.1) is 0 Å². The Morgan fingerprint density at radius 3 is 1.10 bits per heavy atom. The van der Waals surface area contributed by atoms with Crippen molar-refractivity contribution in [2.75, 3.05) is 0 Å². The Balaban J connectivity index is 0.000000179. The summed E-state index contributed by atoms with van der Waals surface area (Å²) in [6, 6.07) is 46.7. The molecule has 8 rings (SSSR count). The third-order valence-corrected chi connectivity index (χ3v) is 13.7. The fourth-order valence-electron chi connectivity index (χ4n) is 10.8. The van der Waals surface area contributed by atoms with E-state index < -0.39 is 0 Å². The predicted molar refractivity (Wildman–Crippen MR) is 261 cm³/mol. The number of benzene rings is 6. The molecule has 0 saturated heterocycles. The lowest BCUT2D eigenvalue weighted by Crippen LogP contribution is -2.41. The van der Waals surface area contributed by atoms with E-state index in [1.165, 1.54) is 53.5 Å². The van der Waals surface area contributed by atoms with Crippen LogP contribution < -0.4 is 0 Å². The van der Waals surface area contributed by atoms with E-state index in [4.69, 9.17) is 0 Å². The van der Waals surface area contributed by atoms with Crippen LogP contribution in [0.15, 0.2) is 146 Å². The van der Waals surface area contributed by atoms with E-state index in [-0.39, 0.29) is 40.6 Å². The highest BCUT2D eigenvalue weighted by atomic mass is 16.3. The van der Waals surface area contributed by atoms with Gasteiger partial charge in [-0.2, -0.15) is 0 Å². The second-order valence-corrected chi connectivity index (χ2v) is 20.4. The number of aromatic hydroxyl groups is 5. The van der Waals surface area contributed by atoms with Gasteiger partial charge in [-0.05, 0) is 156 Å². The third kappa shape index (κ3) is 11.5. The van der Waals surface area contributed by atoms with Gasteiger partial charge in [0.1, 0.15) is 28.7 Å². The maximum atomic E-state index is 9.67. The van der Waals surface area contributed by atoms with E-state index >= 15 is 0 Å². The van der Waals surface area contributed by atoms with Gasteiger partial charge < -0.3 is 25.5 Å². The summed E-state index contributed by atoms with van der Waals surface area (Å²) in [4.78, 5) is 0. The van der Waals surface area contributed by atoms with Crippen LogP contribution in [0.3, 0.4) is 0 Å². The molecule has 2 saturated carbocycles. The minimum Gasteiger partial charge on any atom is -0.508 e. The predicted octanol–water partition coefficient (Wildman–Crippen LogP) is 14.9. The van der Waals surface area contributed by atoms with Crippen molar-refractivity contribution < 1.29 is 25.5 Å². The van der Waals surface area contributed by atoms with Gasteiger partial charge >= 0.3 is 0 Å². The van der Waals surface area contributed by atoms with Crippen LogP contribution in [-0.4, -0.2) is 25.5 Å². The molecule has 2 fully saturated rings. The number of hydrogen-bond donors (Lipinski definition) is 5. The van der Waals surface area contributed by atoms with Crippen LogP contribution in [-0.2, 0) is 16.2 Å². The average Bonchev–Trinajstić information content (AvgIpc) is 3.21. The molecular weight excluding hydrogens is 777 g/mol. The molecule has 0 amide bonds. The maximum absolute atomic E-state index is 9.67. The summed E-state index contributed by atoms with van der Waals surface area (Å²) < 4.78 is 0. The molecule has 2 unspecified atom stereocenters. The Labute approximate surface area is 378 Å². The quantitative estimate of drug-likeness (QED) is 0.115. The van der Waals surface area contributed by atoms with Crippen LogP contribution in [0.25, 0.3) is 0 Å². The first-order valence-corrected chi connectivity index (χ1v) is 22.3. The normalized spacial score (nSPS) is 19.8. The molecule has 0 heterocycles. The minimum absolute atomic E-state index is 0. The first kappa shape index (κ1) is 48.4. The van der Waals surface area contributed by atoms with Crippen molar-refractivity contribution in [2.24, 2.45) is 16.7 Å². The number of aryl methyl sites for hydroxylation is 1. The second kappa shape index (κ2) is 19.4. The summed E-state index contributed by atoms with van der Waals surface area (Å²) in [5.74, 6) is 2.13. The van der Waals surface area contributed by atoms with Crippen molar-refractivity contribution >= 4 is 0 Å². The van der Waals surface area contributed by atoms with Crippen molar-refractivity contribution in [3.8, 4) is 28.7 Å². The zero-order chi connectivity index (χ0) is 44.9. The van der Waals surface area contributed by atoms with E-state index in [9.17, 15) is 25.5 Å². The Morgan fingerprint density at radius 1 is 0.429 bits per heavy atom. The molecule has 0 aromatic heterocycles. The SMILES string of the molecule is C.CC(C)(c1ccc(O)cc1)c1ccc(O)cc1.CC1CC(C)(C)CC(c2ccc(O)cc2)(c2ccc(O)cc2)C1.Cc1ccc(C2(c3ccc(O)cc3)CCCC(C)(C)C2)cc1. The molecular formula is C58H72O5. The Morgan fingerprint density at radius 2 is 0.746 bits per heavy atom. The van der Waals surface area contributed by atoms with E-state index in [1.807, 2.05) is 36.4 Å². The van der Waals surface area contributed by atoms with E-state index in [2.05, 4.69) is 116 Å². The van der Waals surface area contributed by atoms with Gasteiger partial charge in [-0.25, -0.2) is 0 Å². The highest BCUT2D eigenvalue weighted by Gasteiger charge is 2.45. The fourth-order valence-corrected chi connectivity index (χ4v) is 10.8. The van der Waals surface area contributed by atoms with E-state index in [0.717, 1.165) is 30.4 Å². The molecule has 2 atom stereocenters. The zero-order valence-electron chi connectivity index (χ0n) is 38.1. The molecule has 6 aromatic rings. The Hall–Kier alpha value is -5.68. The molecule has 0 bridgehead atoms. The van der Waals surface area contributed by atoms with Crippen molar-refractivity contribution in [1.29, 1.82) is 0 Å². The van der Waals surface area contributed by atoms with Crippen LogP contribution in [0.1, 0.15) is 140 Å². The lowest BCUT2D eigenvalue weighted by molar-refractivity contribution is 0.127. The number of phenolic OH excluding ortho intramolecular Hbond substituents is 5. The molecule has 0 aliphatic heterocycles. The van der Waals surface area contributed by atoms with Gasteiger partial charge in [0.2, 0.25) is 0 Å². The monoisotopic (exact) mass is 849 g/mol. The standard InChI is InChI=1S/C21H26O2.C21H26O.C15H16O2.CH4/c1-15-12-20(2,3)14-21(13-15,16-4-8-18(22)9-5-16)17-6-10-19(23)11-7-17;1-16-5-7-17(8-6-16)21(14-4-13-20(2,3)15-21)18-9-11-19(22)12-10-18;1-15(2,11-3-7-13(16)8-4-11)12-5-9-14(17)10-6-12;/h4-11,15,22-23H,12-14H2,1-3H3;5-12,22H,4,13-15H2,1-3H3;3-10,16-17H,1-2H3;1H4. The molecule has 5 heteroatoms. The van der Waals surface area contributed by atoms with Gasteiger partial charge in [0.25, 0.3) is 0 Å². The summed E-state index contributed by atoms with van der Waals surface area (Å²) in [5.41, 5.74) is 9.27. The molecule has 2 aliphatic rings. The molecule has 0 spiro atoms. The topological polar surface area (TPSA) is 101 Å². The maximum Gasteiger partial charge on any atom is 0.115 e. The van der Waals surface area contributed by atoms with Gasteiger partial charge in [0, 0.05) is 16.2 Å². The molecule has 0 radical (unpaired) electrons. The number of hydrogen-bond acceptors (Lipinski definition) is 5. The first-order chi connectivity index (χ1) is 29.2. The average molecular weight is 849 g/mol. The highest BCUT2D eigenvalue weighted by Crippen LogP contribution is 2.54. The largest absolute Gasteiger partial charge is 0.508 e. The van der Waals surface area contributed by atoms with Gasteiger partial charge in [-0.3, -0.25) is 0 Å². The molecule has 5 nitrogen and oxygen atoms in total. The van der Waals surface area contributed by atoms with Crippen LogP contribution in [0.5, 0.6) is 28.7 Å².